The number of hydrogen-bond donors (Lipinski definition) is 0. The van der Waals surface area contributed by atoms with Crippen LogP contribution in [-0.2, 0) is 17.8 Å². The lowest BCUT2D eigenvalue weighted by atomic mass is 9.77. The van der Waals surface area contributed by atoms with Gasteiger partial charge in [0.1, 0.15) is 0 Å². The van der Waals surface area contributed by atoms with Crippen LogP contribution in [0.15, 0.2) is 48.5 Å². The molecule has 186 valence electrons. The lowest BCUT2D eigenvalue weighted by Crippen LogP contribution is -2.23. The number of rotatable bonds is 9. The van der Waals surface area contributed by atoms with Crippen LogP contribution in [0.5, 0.6) is 0 Å². The summed E-state index contributed by atoms with van der Waals surface area (Å²) in [4.78, 5) is 0. The first-order valence-corrected chi connectivity index (χ1v) is 13.6. The molecule has 2 aromatic carbocycles. The van der Waals surface area contributed by atoms with Gasteiger partial charge in [0.25, 0.3) is 0 Å². The van der Waals surface area contributed by atoms with Crippen molar-refractivity contribution < 1.29 is 13.5 Å². The second-order valence-electron chi connectivity index (χ2n) is 11.0. The molecule has 0 saturated heterocycles. The first-order chi connectivity index (χ1) is 16.4. The molecule has 0 atom stereocenters. The minimum absolute atomic E-state index is 0.0614. The summed E-state index contributed by atoms with van der Waals surface area (Å²) in [6.07, 6.45) is 9.13. The highest BCUT2D eigenvalue weighted by atomic mass is 19.3. The Bertz CT molecular complexity index is 857. The van der Waals surface area contributed by atoms with Crippen LogP contribution in [-0.4, -0.2) is 6.11 Å². The molecule has 0 aromatic heterocycles. The predicted octanol–water partition coefficient (Wildman–Crippen LogP) is 9.41. The topological polar surface area (TPSA) is 9.23 Å². The van der Waals surface area contributed by atoms with Gasteiger partial charge in [-0.2, -0.15) is 8.78 Å². The van der Waals surface area contributed by atoms with Crippen LogP contribution in [0.2, 0.25) is 0 Å². The largest absolute Gasteiger partial charge is 0.360 e. The summed E-state index contributed by atoms with van der Waals surface area (Å²) in [7, 11) is 0. The van der Waals surface area contributed by atoms with Crippen molar-refractivity contribution in [2.75, 3.05) is 0 Å². The van der Waals surface area contributed by atoms with E-state index in [9.17, 15) is 8.78 Å². The van der Waals surface area contributed by atoms with Crippen LogP contribution in [0.3, 0.4) is 0 Å². The molecule has 3 heteroatoms. The van der Waals surface area contributed by atoms with Crippen molar-refractivity contribution in [2.24, 2.45) is 11.8 Å². The van der Waals surface area contributed by atoms with Gasteiger partial charge in [-0.3, -0.25) is 0 Å². The highest BCUT2D eigenvalue weighted by molar-refractivity contribution is 5.27. The molecular weight excluding hydrogens is 426 g/mol. The van der Waals surface area contributed by atoms with Gasteiger partial charge in [-0.1, -0.05) is 88.1 Å². The highest BCUT2D eigenvalue weighted by Gasteiger charge is 2.31. The van der Waals surface area contributed by atoms with E-state index in [2.05, 4.69) is 38.1 Å². The van der Waals surface area contributed by atoms with Gasteiger partial charge in [-0.15, -0.1) is 0 Å². The molecule has 0 unspecified atom stereocenters. The summed E-state index contributed by atoms with van der Waals surface area (Å²) in [6.45, 7) is 4.52. The van der Waals surface area contributed by atoms with Gasteiger partial charge in [-0.05, 0) is 84.5 Å². The van der Waals surface area contributed by atoms with Crippen molar-refractivity contribution in [1.82, 2.24) is 0 Å². The molecule has 2 aliphatic carbocycles. The molecule has 1 nitrogen and oxygen atoms in total. The zero-order valence-corrected chi connectivity index (χ0v) is 21.1. The monoisotopic (exact) mass is 468 g/mol. The predicted molar refractivity (Wildman–Crippen MR) is 136 cm³/mol. The van der Waals surface area contributed by atoms with E-state index < -0.39 is 6.11 Å². The van der Waals surface area contributed by atoms with Gasteiger partial charge in [-0.25, -0.2) is 0 Å². The van der Waals surface area contributed by atoms with Gasteiger partial charge < -0.3 is 4.74 Å². The van der Waals surface area contributed by atoms with E-state index in [-0.39, 0.29) is 13.0 Å². The molecule has 2 aliphatic rings. The summed E-state index contributed by atoms with van der Waals surface area (Å²) < 4.78 is 34.2. The van der Waals surface area contributed by atoms with Crippen molar-refractivity contribution in [2.45, 2.75) is 109 Å². The maximum atomic E-state index is 14.6. The third-order valence-electron chi connectivity index (χ3n) is 8.32. The van der Waals surface area contributed by atoms with E-state index >= 15 is 0 Å². The summed E-state index contributed by atoms with van der Waals surface area (Å²) >= 11 is 0. The molecule has 0 radical (unpaired) electrons. The Morgan fingerprint density at radius 1 is 0.735 bits per heavy atom. The summed E-state index contributed by atoms with van der Waals surface area (Å²) in [5, 5.41) is 0. The number of halogens is 2. The van der Waals surface area contributed by atoms with E-state index in [4.69, 9.17) is 4.74 Å². The minimum atomic E-state index is -3.17. The number of ether oxygens (including phenoxy) is 1. The van der Waals surface area contributed by atoms with E-state index in [0.717, 1.165) is 17.4 Å². The molecule has 2 saturated carbocycles. The lowest BCUT2D eigenvalue weighted by molar-refractivity contribution is -0.244. The molecular formula is C31H42F2O. The van der Waals surface area contributed by atoms with Crippen LogP contribution in [0, 0.1) is 11.8 Å². The Kier molecular flexibility index (Phi) is 8.80. The van der Waals surface area contributed by atoms with Crippen molar-refractivity contribution in [3.05, 3.63) is 70.8 Å². The minimum Gasteiger partial charge on any atom is -0.315 e. The molecule has 0 bridgehead atoms. The lowest BCUT2D eigenvalue weighted by Gasteiger charge is -2.28. The third kappa shape index (κ3) is 7.13. The average Bonchev–Trinajstić information content (AvgIpc) is 2.85. The van der Waals surface area contributed by atoms with Crippen molar-refractivity contribution >= 4 is 0 Å². The molecule has 0 heterocycles. The highest BCUT2D eigenvalue weighted by Crippen LogP contribution is 2.38. The average molecular weight is 469 g/mol. The van der Waals surface area contributed by atoms with Crippen molar-refractivity contribution in [3.63, 3.8) is 0 Å². The first-order valence-electron chi connectivity index (χ1n) is 13.6. The third-order valence-corrected chi connectivity index (χ3v) is 8.32. The van der Waals surface area contributed by atoms with E-state index in [1.807, 2.05) is 24.3 Å². The Morgan fingerprint density at radius 3 is 1.76 bits per heavy atom. The van der Waals surface area contributed by atoms with Gasteiger partial charge >= 0.3 is 6.11 Å². The summed E-state index contributed by atoms with van der Waals surface area (Å²) in [5.74, 6) is 2.90. The van der Waals surface area contributed by atoms with Crippen LogP contribution in [0.4, 0.5) is 8.78 Å². The maximum absolute atomic E-state index is 14.6. The molecule has 0 spiro atoms. The molecule has 0 aliphatic heterocycles. The standard InChI is InChI=1S/C31H42F2O/c1-3-4-24-7-15-28(16-8-24)29-17-9-25(10-18-29)21-31(32,33)34-22-26-11-19-30(20-12-26)27-13-5-23(2)6-14-27/h9-12,17-20,23-24,27-28H,3-8,13-16,21-22H2,1-2H3. The number of hydrogen-bond acceptors (Lipinski definition) is 1. The molecule has 0 N–H and O–H groups in total. The zero-order chi connectivity index (χ0) is 24.0. The Morgan fingerprint density at radius 2 is 1.24 bits per heavy atom. The van der Waals surface area contributed by atoms with Gasteiger partial charge in [0, 0.05) is 0 Å². The van der Waals surface area contributed by atoms with Crippen molar-refractivity contribution in [1.29, 1.82) is 0 Å². The second kappa shape index (κ2) is 11.8. The second-order valence-corrected chi connectivity index (χ2v) is 11.0. The van der Waals surface area contributed by atoms with Crippen LogP contribution >= 0.6 is 0 Å². The van der Waals surface area contributed by atoms with E-state index in [1.54, 1.807) is 0 Å². The van der Waals surface area contributed by atoms with Gasteiger partial charge in [0.05, 0.1) is 13.0 Å². The van der Waals surface area contributed by atoms with Crippen molar-refractivity contribution in [3.8, 4) is 0 Å². The number of benzene rings is 2. The van der Waals surface area contributed by atoms with Crippen LogP contribution < -0.4 is 0 Å². The van der Waals surface area contributed by atoms with Crippen LogP contribution in [0.25, 0.3) is 0 Å². The van der Waals surface area contributed by atoms with Gasteiger partial charge in [0.15, 0.2) is 0 Å². The van der Waals surface area contributed by atoms with E-state index in [1.165, 1.54) is 75.3 Å². The quantitative estimate of drug-likeness (QED) is 0.356. The molecule has 34 heavy (non-hydrogen) atoms. The molecule has 0 amide bonds. The molecule has 2 aromatic rings. The fraction of sp³-hybridized carbons (Fsp3) is 0.613. The Hall–Kier alpha value is -1.74. The van der Waals surface area contributed by atoms with E-state index in [0.29, 0.717) is 17.4 Å². The van der Waals surface area contributed by atoms with Gasteiger partial charge in [0.2, 0.25) is 0 Å². The SMILES string of the molecule is CCCC1CCC(c2ccc(CC(F)(F)OCc3ccc(C4CCC(C)CC4)cc3)cc2)CC1. The summed E-state index contributed by atoms with van der Waals surface area (Å²) in [6, 6.07) is 16.0. The zero-order valence-electron chi connectivity index (χ0n) is 21.1. The Balaban J connectivity index is 1.24. The fourth-order valence-electron chi connectivity index (χ4n) is 6.06. The fourth-order valence-corrected chi connectivity index (χ4v) is 6.06. The number of alkyl halides is 2. The normalized spacial score (nSPS) is 25.9. The maximum Gasteiger partial charge on any atom is 0.360 e. The smallest absolute Gasteiger partial charge is 0.315 e. The first kappa shape index (κ1) is 25.4. The summed E-state index contributed by atoms with van der Waals surface area (Å²) in [5.41, 5.74) is 4.08. The van der Waals surface area contributed by atoms with Crippen LogP contribution in [0.1, 0.15) is 112 Å². The Labute approximate surface area is 205 Å². The molecule has 2 fully saturated rings. The molecule has 4 rings (SSSR count).